The number of aromatic hydroxyl groups is 1. The lowest BCUT2D eigenvalue weighted by molar-refractivity contribution is -0.0376. The molecule has 6 heteroatoms. The topological polar surface area (TPSA) is 77.8 Å². The SMILES string of the molecule is C=C1C[C@H](C)C2[C@@H]3Cc4ccc(O)cc4C2(CCN3CC2CCC2)C1.CS(=O)(=O)O. The average Bonchev–Trinajstić information content (AvgIpc) is 2.58. The number of nitrogens with zero attached hydrogens (tertiary/aromatic N) is 1. The van der Waals surface area contributed by atoms with Gasteiger partial charge in [0, 0.05) is 18.0 Å². The first-order valence-electron chi connectivity index (χ1n) is 11.2. The number of fused-ring (bicyclic) bond motifs is 1. The van der Waals surface area contributed by atoms with Crippen LogP contribution in [-0.2, 0) is 22.0 Å². The van der Waals surface area contributed by atoms with Gasteiger partial charge in [-0.1, -0.05) is 31.6 Å². The number of benzene rings is 1. The van der Waals surface area contributed by atoms with Gasteiger partial charge in [0.25, 0.3) is 10.1 Å². The Hall–Kier alpha value is -1.37. The van der Waals surface area contributed by atoms with E-state index in [0.29, 0.717) is 24.0 Å². The highest BCUT2D eigenvalue weighted by atomic mass is 32.2. The van der Waals surface area contributed by atoms with Crippen molar-refractivity contribution in [2.45, 2.75) is 63.3 Å². The van der Waals surface area contributed by atoms with Crippen LogP contribution >= 0.6 is 0 Å². The van der Waals surface area contributed by atoms with Crippen LogP contribution in [0.5, 0.6) is 5.75 Å². The number of likely N-dealkylation sites (tertiary alicyclic amines) is 1. The molecule has 2 unspecified atom stereocenters. The van der Waals surface area contributed by atoms with E-state index in [4.69, 9.17) is 4.55 Å². The first kappa shape index (κ1) is 21.8. The van der Waals surface area contributed by atoms with Crippen molar-refractivity contribution in [2.75, 3.05) is 19.3 Å². The van der Waals surface area contributed by atoms with E-state index in [-0.39, 0.29) is 5.41 Å². The molecule has 3 fully saturated rings. The van der Waals surface area contributed by atoms with Crippen LogP contribution in [0.2, 0.25) is 0 Å². The molecule has 5 nitrogen and oxygen atoms in total. The van der Waals surface area contributed by atoms with Crippen LogP contribution in [0.1, 0.15) is 56.6 Å². The number of rotatable bonds is 2. The maximum absolute atomic E-state index is 10.2. The van der Waals surface area contributed by atoms with Crippen LogP contribution < -0.4 is 0 Å². The lowest BCUT2D eigenvalue weighted by Gasteiger charge is -2.62. The fourth-order valence-electron chi connectivity index (χ4n) is 6.83. The van der Waals surface area contributed by atoms with Crippen LogP contribution in [-0.4, -0.2) is 48.4 Å². The Labute approximate surface area is 180 Å². The molecule has 3 aliphatic carbocycles. The van der Waals surface area contributed by atoms with Gasteiger partial charge in [0.2, 0.25) is 0 Å². The lowest BCUT2D eigenvalue weighted by Crippen LogP contribution is -2.63. The molecule has 166 valence electrons. The molecule has 0 aromatic heterocycles. The van der Waals surface area contributed by atoms with Crippen LogP contribution in [0.3, 0.4) is 0 Å². The predicted octanol–water partition coefficient (Wildman–Crippen LogP) is 4.17. The summed E-state index contributed by atoms with van der Waals surface area (Å²) in [4.78, 5) is 2.85. The molecule has 0 radical (unpaired) electrons. The van der Waals surface area contributed by atoms with Gasteiger partial charge >= 0.3 is 0 Å². The van der Waals surface area contributed by atoms with Gasteiger partial charge in [-0.15, -0.1) is 0 Å². The number of phenolic OH excluding ortho intramolecular Hbond substituents is 1. The van der Waals surface area contributed by atoms with Crippen molar-refractivity contribution in [1.29, 1.82) is 0 Å². The van der Waals surface area contributed by atoms with Gasteiger partial charge in [0.15, 0.2) is 0 Å². The summed E-state index contributed by atoms with van der Waals surface area (Å²) in [6.07, 6.45) is 9.76. The van der Waals surface area contributed by atoms with E-state index in [1.807, 2.05) is 6.07 Å². The average molecular weight is 434 g/mol. The molecule has 1 aromatic rings. The minimum absolute atomic E-state index is 0.224. The highest BCUT2D eigenvalue weighted by Gasteiger charge is 2.56. The smallest absolute Gasteiger partial charge is 0.261 e. The maximum atomic E-state index is 10.2. The zero-order valence-corrected chi connectivity index (χ0v) is 19.0. The molecule has 1 aliphatic heterocycles. The minimum Gasteiger partial charge on any atom is -0.508 e. The molecule has 0 amide bonds. The fourth-order valence-corrected chi connectivity index (χ4v) is 6.83. The molecule has 1 aromatic carbocycles. The van der Waals surface area contributed by atoms with Gasteiger partial charge < -0.3 is 5.11 Å². The van der Waals surface area contributed by atoms with Crippen molar-refractivity contribution >= 4 is 10.1 Å². The third-order valence-electron chi connectivity index (χ3n) is 7.93. The first-order valence-corrected chi connectivity index (χ1v) is 13.1. The number of hydrogen-bond donors (Lipinski definition) is 2. The molecule has 0 spiro atoms. The van der Waals surface area contributed by atoms with E-state index in [9.17, 15) is 13.5 Å². The third-order valence-corrected chi connectivity index (χ3v) is 7.93. The minimum atomic E-state index is -3.67. The number of phenols is 1. The predicted molar refractivity (Wildman–Crippen MR) is 119 cm³/mol. The fraction of sp³-hybridized carbons (Fsp3) is 0.667. The zero-order chi connectivity index (χ0) is 21.7. The van der Waals surface area contributed by atoms with Crippen molar-refractivity contribution in [2.24, 2.45) is 17.8 Å². The molecule has 5 rings (SSSR count). The Balaban J connectivity index is 0.000000393. The molecule has 1 heterocycles. The van der Waals surface area contributed by atoms with Crippen LogP contribution in [0.25, 0.3) is 0 Å². The summed E-state index contributed by atoms with van der Waals surface area (Å²) in [7, 11) is -3.67. The maximum Gasteiger partial charge on any atom is 0.261 e. The van der Waals surface area contributed by atoms with E-state index < -0.39 is 10.1 Å². The summed E-state index contributed by atoms with van der Waals surface area (Å²) in [6.45, 7) is 9.41. The summed E-state index contributed by atoms with van der Waals surface area (Å²) in [5, 5.41) is 10.2. The highest BCUT2D eigenvalue weighted by molar-refractivity contribution is 7.85. The molecule has 2 N–H and O–H groups in total. The van der Waals surface area contributed by atoms with E-state index in [0.717, 1.165) is 18.3 Å². The highest BCUT2D eigenvalue weighted by Crippen LogP contribution is 2.59. The summed E-state index contributed by atoms with van der Waals surface area (Å²) in [5.74, 6) is 2.81. The van der Waals surface area contributed by atoms with E-state index >= 15 is 0 Å². The second kappa shape index (κ2) is 7.95. The second-order valence-corrected chi connectivity index (χ2v) is 11.6. The van der Waals surface area contributed by atoms with Gasteiger partial charge in [-0.05, 0) is 86.1 Å². The summed E-state index contributed by atoms with van der Waals surface area (Å²) < 4.78 is 25.9. The number of hydrogen-bond acceptors (Lipinski definition) is 4. The van der Waals surface area contributed by atoms with Crippen LogP contribution in [0.15, 0.2) is 30.4 Å². The van der Waals surface area contributed by atoms with Crippen LogP contribution in [0.4, 0.5) is 0 Å². The van der Waals surface area contributed by atoms with Crippen molar-refractivity contribution in [1.82, 2.24) is 4.90 Å². The molecule has 2 bridgehead atoms. The van der Waals surface area contributed by atoms with E-state index in [2.05, 4.69) is 30.5 Å². The van der Waals surface area contributed by atoms with Crippen LogP contribution in [0, 0.1) is 17.8 Å². The largest absolute Gasteiger partial charge is 0.508 e. The Morgan fingerprint density at radius 1 is 1.27 bits per heavy atom. The van der Waals surface area contributed by atoms with Crippen molar-refractivity contribution < 1.29 is 18.1 Å². The Morgan fingerprint density at radius 3 is 2.60 bits per heavy atom. The van der Waals surface area contributed by atoms with Crippen molar-refractivity contribution in [3.8, 4) is 5.75 Å². The lowest BCUT2D eigenvalue weighted by atomic mass is 9.49. The van der Waals surface area contributed by atoms with E-state index in [1.54, 1.807) is 0 Å². The second-order valence-electron chi connectivity index (χ2n) is 10.2. The molecule has 2 saturated carbocycles. The quantitative estimate of drug-likeness (QED) is 0.541. The van der Waals surface area contributed by atoms with Gasteiger partial charge in [-0.2, -0.15) is 8.42 Å². The summed E-state index contributed by atoms with van der Waals surface area (Å²) in [5.41, 5.74) is 4.58. The van der Waals surface area contributed by atoms with Crippen molar-refractivity contribution in [3.63, 3.8) is 0 Å². The number of allylic oxidation sites excluding steroid dienone is 1. The van der Waals surface area contributed by atoms with Gasteiger partial charge in [0.05, 0.1) is 6.26 Å². The molecule has 4 atom stereocenters. The monoisotopic (exact) mass is 433 g/mol. The van der Waals surface area contributed by atoms with Gasteiger partial charge in [-0.3, -0.25) is 9.45 Å². The molecular weight excluding hydrogens is 398 g/mol. The number of piperidine rings is 1. The molecule has 4 aliphatic rings. The Bertz CT molecular complexity index is 915. The van der Waals surface area contributed by atoms with Gasteiger partial charge in [-0.25, -0.2) is 0 Å². The normalized spacial score (nSPS) is 33.6. The van der Waals surface area contributed by atoms with Crippen molar-refractivity contribution in [3.05, 3.63) is 41.5 Å². The molecule has 1 saturated heterocycles. The Kier molecular flexibility index (Phi) is 5.79. The zero-order valence-electron chi connectivity index (χ0n) is 18.2. The Morgan fingerprint density at radius 2 is 1.97 bits per heavy atom. The van der Waals surface area contributed by atoms with Gasteiger partial charge in [0.1, 0.15) is 5.75 Å². The molecule has 30 heavy (non-hydrogen) atoms. The third kappa shape index (κ3) is 4.19. The summed E-state index contributed by atoms with van der Waals surface area (Å²) >= 11 is 0. The molecular formula is C24H35NO4S. The summed E-state index contributed by atoms with van der Waals surface area (Å²) in [6, 6.07) is 6.87. The first-order chi connectivity index (χ1) is 14.1. The van der Waals surface area contributed by atoms with E-state index in [1.165, 1.54) is 68.3 Å². The standard InChI is InChI=1S/C23H31NO.CH4O3S/c1-15-10-16(2)22-21-11-18-6-7-19(25)12-20(18)23(22,13-15)8-9-24(21)14-17-4-3-5-17;1-5(2,3)4/h6-7,12,16-17,21-22,25H,1,3-5,8-11,13-14H2,2H3;1H3,(H,2,3,4)/t16-,21-,22?,23?;/m0./s1.